The molecule has 6 heteroatoms. The number of hydrogen-bond donors (Lipinski definition) is 3. The summed E-state index contributed by atoms with van der Waals surface area (Å²) in [5, 5.41) is 12.3. The molecule has 1 spiro atoms. The van der Waals surface area contributed by atoms with Crippen LogP contribution in [0.15, 0.2) is 42.6 Å². The minimum absolute atomic E-state index is 0.0693. The van der Waals surface area contributed by atoms with Crippen LogP contribution in [0, 0.1) is 0 Å². The number of para-hydroxylation sites is 1. The van der Waals surface area contributed by atoms with E-state index >= 15 is 0 Å². The number of H-pyrrole nitrogens is 1. The van der Waals surface area contributed by atoms with Crippen molar-refractivity contribution in [2.45, 2.75) is 30.9 Å². The van der Waals surface area contributed by atoms with Crippen molar-refractivity contribution >= 4 is 5.91 Å². The molecule has 1 amide bonds. The summed E-state index contributed by atoms with van der Waals surface area (Å²) in [6.45, 7) is 2.70. The predicted molar refractivity (Wildman–Crippen MR) is 98.2 cm³/mol. The first kappa shape index (κ1) is 17.1. The maximum atomic E-state index is 12.6. The van der Waals surface area contributed by atoms with Gasteiger partial charge in [0.15, 0.2) is 0 Å². The second kappa shape index (κ2) is 7.13. The molecular formula is C20H25N3O3. The normalized spacial score (nSPS) is 21.8. The number of aliphatic hydroxyl groups is 1. The third kappa shape index (κ3) is 3.34. The van der Waals surface area contributed by atoms with E-state index in [0.29, 0.717) is 12.2 Å². The molecule has 2 aliphatic rings. The summed E-state index contributed by atoms with van der Waals surface area (Å²) in [5.41, 5.74) is 1.35. The van der Waals surface area contributed by atoms with E-state index in [4.69, 9.17) is 9.84 Å². The molecule has 0 saturated carbocycles. The minimum Gasteiger partial charge on any atom is -0.487 e. The second-order valence-corrected chi connectivity index (χ2v) is 7.20. The van der Waals surface area contributed by atoms with Gasteiger partial charge in [0.1, 0.15) is 17.0 Å². The Morgan fingerprint density at radius 1 is 1.27 bits per heavy atom. The van der Waals surface area contributed by atoms with Gasteiger partial charge in [-0.05, 0) is 31.0 Å². The number of aliphatic hydroxyl groups excluding tert-OH is 1. The summed E-state index contributed by atoms with van der Waals surface area (Å²) >= 11 is 0. The highest BCUT2D eigenvalue weighted by molar-refractivity contribution is 5.92. The number of benzene rings is 1. The van der Waals surface area contributed by atoms with Crippen LogP contribution in [0.1, 0.15) is 41.4 Å². The predicted octanol–water partition coefficient (Wildman–Crippen LogP) is 2.10. The number of aromatic nitrogens is 1. The van der Waals surface area contributed by atoms with Crippen molar-refractivity contribution in [1.82, 2.24) is 15.2 Å². The molecule has 1 unspecified atom stereocenters. The third-order valence-electron chi connectivity index (χ3n) is 5.53. The quantitative estimate of drug-likeness (QED) is 0.785. The number of β-amino-alcohol motifs (C(OH)–C–C–N with tert-alkyl or cyclic N) is 1. The lowest BCUT2D eigenvalue weighted by molar-refractivity contribution is -0.0270. The first-order valence-electron chi connectivity index (χ1n) is 9.24. The highest BCUT2D eigenvalue weighted by Crippen LogP contribution is 2.44. The highest BCUT2D eigenvalue weighted by Gasteiger charge is 2.43. The Balaban J connectivity index is 1.55. The number of nitrogens with zero attached hydrogens (tertiary/aromatic N) is 1. The smallest absolute Gasteiger partial charge is 0.268 e. The molecule has 6 nitrogen and oxygen atoms in total. The fourth-order valence-corrected chi connectivity index (χ4v) is 4.09. The minimum atomic E-state index is -0.256. The lowest BCUT2D eigenvalue weighted by Gasteiger charge is -2.47. The maximum Gasteiger partial charge on any atom is 0.268 e. The summed E-state index contributed by atoms with van der Waals surface area (Å²) < 4.78 is 6.44. The average molecular weight is 355 g/mol. The van der Waals surface area contributed by atoms with E-state index in [-0.39, 0.29) is 24.2 Å². The number of fused-ring (bicyclic) bond motifs is 1. The Kier molecular flexibility index (Phi) is 4.70. The molecule has 3 heterocycles. The van der Waals surface area contributed by atoms with Crippen LogP contribution >= 0.6 is 0 Å². The topological polar surface area (TPSA) is 77.6 Å². The van der Waals surface area contributed by atoms with Crippen LogP contribution in [-0.4, -0.2) is 52.7 Å². The van der Waals surface area contributed by atoms with Gasteiger partial charge in [-0.1, -0.05) is 18.2 Å². The molecule has 1 fully saturated rings. The summed E-state index contributed by atoms with van der Waals surface area (Å²) in [6, 6.07) is 11.5. The second-order valence-electron chi connectivity index (χ2n) is 7.20. The molecular weight excluding hydrogens is 330 g/mol. The number of hydrogen-bond acceptors (Lipinski definition) is 4. The molecule has 4 rings (SSSR count). The van der Waals surface area contributed by atoms with Crippen molar-refractivity contribution < 1.29 is 14.6 Å². The van der Waals surface area contributed by atoms with Crippen LogP contribution in [0.2, 0.25) is 0 Å². The first-order valence-corrected chi connectivity index (χ1v) is 9.24. The zero-order valence-corrected chi connectivity index (χ0v) is 14.8. The van der Waals surface area contributed by atoms with Gasteiger partial charge in [-0.15, -0.1) is 0 Å². The van der Waals surface area contributed by atoms with Gasteiger partial charge in [-0.2, -0.15) is 0 Å². The molecule has 2 aliphatic heterocycles. The molecule has 1 atom stereocenters. The van der Waals surface area contributed by atoms with E-state index in [1.807, 2.05) is 30.3 Å². The number of carbonyl (C=O) groups excluding carboxylic acids is 1. The van der Waals surface area contributed by atoms with Gasteiger partial charge >= 0.3 is 0 Å². The standard InChI is InChI=1S/C20H25N3O3/c24-13-12-23-10-7-20(8-11-23)14-17(15-4-1-2-6-18(15)26-20)22-19(25)16-5-3-9-21-16/h1-6,9,17,21,24H,7-8,10-14H2,(H,22,25). The van der Waals surface area contributed by atoms with Gasteiger partial charge < -0.3 is 25.0 Å². The SMILES string of the molecule is O=C(NC1CC2(CCN(CCO)CC2)Oc2ccccc21)c1ccc[nH]1. The van der Waals surface area contributed by atoms with Crippen LogP contribution < -0.4 is 10.1 Å². The number of carbonyl (C=O) groups is 1. The number of rotatable bonds is 4. The van der Waals surface area contributed by atoms with Crippen LogP contribution in [0.5, 0.6) is 5.75 Å². The van der Waals surface area contributed by atoms with E-state index in [2.05, 4.69) is 15.2 Å². The largest absolute Gasteiger partial charge is 0.487 e. The summed E-state index contributed by atoms with van der Waals surface area (Å²) in [4.78, 5) is 17.8. The van der Waals surface area contributed by atoms with Crippen LogP contribution in [-0.2, 0) is 0 Å². The Bertz CT molecular complexity index is 751. The molecule has 0 bridgehead atoms. The van der Waals surface area contributed by atoms with Gasteiger partial charge in [-0.25, -0.2) is 0 Å². The van der Waals surface area contributed by atoms with Crippen molar-refractivity contribution in [2.24, 2.45) is 0 Å². The molecule has 3 N–H and O–H groups in total. The van der Waals surface area contributed by atoms with E-state index in [9.17, 15) is 4.79 Å². The average Bonchev–Trinajstić information content (AvgIpc) is 3.19. The highest BCUT2D eigenvalue weighted by atomic mass is 16.5. The fourth-order valence-electron chi connectivity index (χ4n) is 4.09. The summed E-state index contributed by atoms with van der Waals surface area (Å²) in [7, 11) is 0. The van der Waals surface area contributed by atoms with Crippen molar-refractivity contribution in [3.05, 3.63) is 53.9 Å². The number of amides is 1. The Hall–Kier alpha value is -2.31. The van der Waals surface area contributed by atoms with E-state index < -0.39 is 0 Å². The van der Waals surface area contributed by atoms with Crippen LogP contribution in [0.25, 0.3) is 0 Å². The van der Waals surface area contributed by atoms with Crippen LogP contribution in [0.3, 0.4) is 0 Å². The third-order valence-corrected chi connectivity index (χ3v) is 5.53. The Labute approximate surface area is 153 Å². The van der Waals surface area contributed by atoms with Crippen molar-refractivity contribution in [3.8, 4) is 5.75 Å². The van der Waals surface area contributed by atoms with E-state index in [1.54, 1.807) is 12.3 Å². The number of ether oxygens (including phenoxy) is 1. The van der Waals surface area contributed by atoms with Crippen LogP contribution in [0.4, 0.5) is 0 Å². The van der Waals surface area contributed by atoms with Gasteiger partial charge in [0.25, 0.3) is 5.91 Å². The lowest BCUT2D eigenvalue weighted by atomic mass is 9.80. The zero-order chi connectivity index (χ0) is 18.0. The molecule has 0 aliphatic carbocycles. The molecule has 138 valence electrons. The molecule has 1 aromatic heterocycles. The maximum absolute atomic E-state index is 12.6. The first-order chi connectivity index (χ1) is 12.7. The van der Waals surface area contributed by atoms with Gasteiger partial charge in [-0.3, -0.25) is 4.79 Å². The zero-order valence-electron chi connectivity index (χ0n) is 14.8. The van der Waals surface area contributed by atoms with E-state index in [0.717, 1.165) is 43.7 Å². The number of aromatic amines is 1. The van der Waals surface area contributed by atoms with Gasteiger partial charge in [0, 0.05) is 37.8 Å². The Morgan fingerprint density at radius 3 is 2.81 bits per heavy atom. The van der Waals surface area contributed by atoms with Crippen molar-refractivity contribution in [1.29, 1.82) is 0 Å². The summed E-state index contributed by atoms with van der Waals surface area (Å²) in [5.74, 6) is 0.774. The number of nitrogens with one attached hydrogen (secondary N) is 2. The summed E-state index contributed by atoms with van der Waals surface area (Å²) in [6.07, 6.45) is 4.32. The number of piperidine rings is 1. The lowest BCUT2D eigenvalue weighted by Crippen LogP contribution is -2.52. The van der Waals surface area contributed by atoms with Crippen molar-refractivity contribution in [2.75, 3.05) is 26.2 Å². The molecule has 0 radical (unpaired) electrons. The monoisotopic (exact) mass is 355 g/mol. The van der Waals surface area contributed by atoms with Crippen molar-refractivity contribution in [3.63, 3.8) is 0 Å². The van der Waals surface area contributed by atoms with Gasteiger partial charge in [0.05, 0.1) is 12.6 Å². The number of likely N-dealkylation sites (tertiary alicyclic amines) is 1. The fraction of sp³-hybridized carbons (Fsp3) is 0.450. The molecule has 1 aromatic carbocycles. The molecule has 26 heavy (non-hydrogen) atoms. The van der Waals surface area contributed by atoms with E-state index in [1.165, 1.54) is 0 Å². The van der Waals surface area contributed by atoms with Gasteiger partial charge in [0.2, 0.25) is 0 Å². The molecule has 2 aromatic rings. The Morgan fingerprint density at radius 2 is 2.08 bits per heavy atom. The molecule has 1 saturated heterocycles.